The Labute approximate surface area is 267 Å². The molecule has 44 heavy (non-hydrogen) atoms. The summed E-state index contributed by atoms with van der Waals surface area (Å²) in [7, 11) is 4.15. The molecule has 1 saturated heterocycles. The first-order valence-corrected chi connectivity index (χ1v) is 16.8. The number of carbonyl (C=O) groups is 1. The lowest BCUT2D eigenvalue weighted by Crippen LogP contribution is -2.41. The first-order valence-electron chi connectivity index (χ1n) is 16.0. The van der Waals surface area contributed by atoms with Gasteiger partial charge < -0.3 is 23.8 Å². The van der Waals surface area contributed by atoms with Gasteiger partial charge in [-0.1, -0.05) is 18.9 Å². The zero-order chi connectivity index (χ0) is 31.2. The lowest BCUT2D eigenvalue weighted by atomic mass is 9.88. The molecule has 9 nitrogen and oxygen atoms in total. The van der Waals surface area contributed by atoms with Crippen LogP contribution in [0.3, 0.4) is 0 Å². The van der Waals surface area contributed by atoms with E-state index in [0.717, 1.165) is 65.4 Å². The van der Waals surface area contributed by atoms with Gasteiger partial charge in [-0.25, -0.2) is 4.79 Å². The molecule has 6 rings (SSSR count). The van der Waals surface area contributed by atoms with Crippen LogP contribution >= 0.6 is 15.9 Å². The summed E-state index contributed by atoms with van der Waals surface area (Å²) in [5.41, 5.74) is 3.36. The van der Waals surface area contributed by atoms with Crippen LogP contribution in [0.15, 0.2) is 39.6 Å². The average Bonchev–Trinajstić information content (AvgIpc) is 3.60. The Kier molecular flexibility index (Phi) is 8.67. The van der Waals surface area contributed by atoms with E-state index in [1.807, 2.05) is 43.9 Å². The van der Waals surface area contributed by atoms with Crippen molar-refractivity contribution in [2.24, 2.45) is 0 Å². The number of halogens is 1. The highest BCUT2D eigenvalue weighted by atomic mass is 79.9. The SMILES string of the molecule is CN(C)CCCOc1cc2c(cc1C1CCN(C(=O)OC(C)(C)C)CC1)n(C1CCCC1)c1nc(=O)c3c(Br)cccc3n21. The lowest BCUT2D eigenvalue weighted by molar-refractivity contribution is 0.0204. The van der Waals surface area contributed by atoms with Gasteiger partial charge in [0.25, 0.3) is 5.56 Å². The Morgan fingerprint density at radius 3 is 2.45 bits per heavy atom. The lowest BCUT2D eigenvalue weighted by Gasteiger charge is -2.34. The quantitative estimate of drug-likeness (QED) is 0.196. The van der Waals surface area contributed by atoms with Crippen LogP contribution in [0.1, 0.15) is 83.2 Å². The summed E-state index contributed by atoms with van der Waals surface area (Å²) in [6.45, 7) is 8.53. The summed E-state index contributed by atoms with van der Waals surface area (Å²) in [6, 6.07) is 10.6. The van der Waals surface area contributed by atoms with Crippen molar-refractivity contribution in [2.75, 3.05) is 40.3 Å². The number of benzene rings is 2. The highest BCUT2D eigenvalue weighted by Crippen LogP contribution is 2.42. The number of hydrogen-bond donors (Lipinski definition) is 0. The van der Waals surface area contributed by atoms with Gasteiger partial charge in [-0.2, -0.15) is 4.98 Å². The van der Waals surface area contributed by atoms with Gasteiger partial charge in [-0.05, 0) is 113 Å². The molecule has 2 aliphatic rings. The fourth-order valence-corrected chi connectivity index (χ4v) is 7.42. The summed E-state index contributed by atoms with van der Waals surface area (Å²) in [4.78, 5) is 34.9. The average molecular weight is 667 g/mol. The van der Waals surface area contributed by atoms with Gasteiger partial charge >= 0.3 is 6.09 Å². The molecule has 236 valence electrons. The molecular formula is C34H44BrN5O4. The molecule has 1 saturated carbocycles. The number of fused-ring (bicyclic) bond motifs is 5. The maximum atomic E-state index is 13.4. The molecule has 0 atom stereocenters. The van der Waals surface area contributed by atoms with Crippen LogP contribution in [0, 0.1) is 0 Å². The van der Waals surface area contributed by atoms with Crippen LogP contribution in [0.25, 0.3) is 27.7 Å². The number of hydrogen-bond acceptors (Lipinski definition) is 6. The Morgan fingerprint density at radius 1 is 1.05 bits per heavy atom. The van der Waals surface area contributed by atoms with Gasteiger partial charge in [0.05, 0.1) is 28.5 Å². The van der Waals surface area contributed by atoms with Crippen molar-refractivity contribution in [3.05, 3.63) is 50.7 Å². The largest absolute Gasteiger partial charge is 0.493 e. The van der Waals surface area contributed by atoms with E-state index in [1.54, 1.807) is 0 Å². The summed E-state index contributed by atoms with van der Waals surface area (Å²) in [5, 5.41) is 0.586. The summed E-state index contributed by atoms with van der Waals surface area (Å²) in [5.74, 6) is 1.80. The number of nitrogens with zero attached hydrogens (tertiary/aromatic N) is 5. The van der Waals surface area contributed by atoms with E-state index in [2.05, 4.69) is 56.0 Å². The number of rotatable bonds is 7. The molecule has 1 aliphatic carbocycles. The van der Waals surface area contributed by atoms with E-state index >= 15 is 0 Å². The maximum Gasteiger partial charge on any atom is 0.410 e. The summed E-state index contributed by atoms with van der Waals surface area (Å²) in [6.07, 6.45) is 6.79. The van der Waals surface area contributed by atoms with Crippen LogP contribution in [0.2, 0.25) is 0 Å². The van der Waals surface area contributed by atoms with E-state index < -0.39 is 5.60 Å². The van der Waals surface area contributed by atoms with E-state index in [1.165, 1.54) is 18.4 Å². The van der Waals surface area contributed by atoms with E-state index in [9.17, 15) is 9.59 Å². The number of imidazole rings is 1. The Bertz CT molecular complexity index is 1740. The Hall–Kier alpha value is -3.11. The first-order chi connectivity index (χ1) is 21.0. The van der Waals surface area contributed by atoms with Crippen molar-refractivity contribution in [2.45, 2.75) is 83.3 Å². The van der Waals surface area contributed by atoms with Crippen molar-refractivity contribution in [1.82, 2.24) is 23.8 Å². The van der Waals surface area contributed by atoms with Crippen LogP contribution in [0.4, 0.5) is 4.79 Å². The first kappa shape index (κ1) is 30.9. The fourth-order valence-electron chi connectivity index (χ4n) is 6.90. The number of aromatic nitrogens is 3. The van der Waals surface area contributed by atoms with Crippen molar-refractivity contribution >= 4 is 49.7 Å². The highest BCUT2D eigenvalue weighted by Gasteiger charge is 2.31. The molecule has 1 aliphatic heterocycles. The van der Waals surface area contributed by atoms with Crippen molar-refractivity contribution in [3.63, 3.8) is 0 Å². The Balaban J connectivity index is 1.48. The van der Waals surface area contributed by atoms with Crippen molar-refractivity contribution in [3.8, 4) is 5.75 Å². The van der Waals surface area contributed by atoms with Crippen LogP contribution < -0.4 is 10.3 Å². The van der Waals surface area contributed by atoms with Crippen molar-refractivity contribution < 1.29 is 14.3 Å². The normalized spacial score (nSPS) is 17.0. The maximum absolute atomic E-state index is 13.4. The highest BCUT2D eigenvalue weighted by molar-refractivity contribution is 9.10. The van der Waals surface area contributed by atoms with E-state index in [4.69, 9.17) is 14.5 Å². The third-order valence-electron chi connectivity index (χ3n) is 8.95. The smallest absolute Gasteiger partial charge is 0.410 e. The van der Waals surface area contributed by atoms with Gasteiger partial charge in [-0.15, -0.1) is 0 Å². The molecule has 2 aromatic heterocycles. The molecule has 0 N–H and O–H groups in total. The number of likely N-dealkylation sites (tertiary alicyclic amines) is 1. The molecule has 0 radical (unpaired) electrons. The van der Waals surface area contributed by atoms with Gasteiger partial charge in [-0.3, -0.25) is 9.20 Å². The second-order valence-electron chi connectivity index (χ2n) is 13.6. The molecule has 0 unspecified atom stereocenters. The van der Waals surface area contributed by atoms with Gasteiger partial charge in [0, 0.05) is 36.2 Å². The molecule has 0 bridgehead atoms. The molecule has 2 aromatic carbocycles. The summed E-state index contributed by atoms with van der Waals surface area (Å²) >= 11 is 3.61. The van der Waals surface area contributed by atoms with Gasteiger partial charge in [0.15, 0.2) is 0 Å². The second kappa shape index (κ2) is 12.4. The Morgan fingerprint density at radius 2 is 1.77 bits per heavy atom. The monoisotopic (exact) mass is 665 g/mol. The third kappa shape index (κ3) is 6.07. The molecule has 10 heteroatoms. The standard InChI is InChI=1S/C34H44BrN5O4/c1-34(2,3)44-33(42)38-17-14-22(15-18-38)24-20-27-28(21-29(24)43-19-9-16-37(4)5)40-26-13-8-12-25(35)30(26)31(41)36-32(40)39(27)23-10-6-7-11-23/h8,12-13,20-23H,6-7,9-11,14-19H2,1-5H3. The van der Waals surface area contributed by atoms with Gasteiger partial charge in [0.2, 0.25) is 5.78 Å². The minimum atomic E-state index is -0.518. The second-order valence-corrected chi connectivity index (χ2v) is 14.5. The summed E-state index contributed by atoms with van der Waals surface area (Å²) < 4.78 is 17.5. The molecule has 1 amide bonds. The predicted molar refractivity (Wildman–Crippen MR) is 178 cm³/mol. The number of ether oxygens (including phenoxy) is 2. The third-order valence-corrected chi connectivity index (χ3v) is 9.62. The number of amides is 1. The topological polar surface area (TPSA) is 81.3 Å². The molecular weight excluding hydrogens is 622 g/mol. The molecule has 4 aromatic rings. The minimum Gasteiger partial charge on any atom is -0.493 e. The molecule has 3 heterocycles. The van der Waals surface area contributed by atoms with Gasteiger partial charge in [0.1, 0.15) is 11.4 Å². The number of carbonyl (C=O) groups excluding carboxylic acids is 1. The van der Waals surface area contributed by atoms with Crippen LogP contribution in [0.5, 0.6) is 5.75 Å². The zero-order valence-electron chi connectivity index (χ0n) is 26.6. The minimum absolute atomic E-state index is 0.218. The molecule has 0 spiro atoms. The van der Waals surface area contributed by atoms with E-state index in [-0.39, 0.29) is 23.6 Å². The number of piperidine rings is 1. The zero-order valence-corrected chi connectivity index (χ0v) is 28.2. The predicted octanol–water partition coefficient (Wildman–Crippen LogP) is 7.13. The van der Waals surface area contributed by atoms with E-state index in [0.29, 0.717) is 30.9 Å². The molecule has 2 fully saturated rings. The fraction of sp³-hybridized carbons (Fsp3) is 0.559. The van der Waals surface area contributed by atoms with Crippen molar-refractivity contribution in [1.29, 1.82) is 0 Å². The van der Waals surface area contributed by atoms with Crippen LogP contribution in [-0.2, 0) is 4.74 Å². The van der Waals surface area contributed by atoms with Crippen LogP contribution in [-0.4, -0.2) is 75.8 Å².